The average molecular weight is 348 g/mol. The van der Waals surface area contributed by atoms with Crippen molar-refractivity contribution in [2.75, 3.05) is 7.11 Å². The zero-order valence-electron chi connectivity index (χ0n) is 15.4. The van der Waals surface area contributed by atoms with Crippen molar-refractivity contribution in [2.24, 2.45) is 17.8 Å². The molecule has 2 aliphatic carbocycles. The zero-order valence-corrected chi connectivity index (χ0v) is 15.4. The fourth-order valence-electron chi connectivity index (χ4n) is 4.87. The molecule has 0 aromatic heterocycles. The molecule has 0 amide bonds. The fourth-order valence-corrected chi connectivity index (χ4v) is 4.87. The van der Waals surface area contributed by atoms with E-state index >= 15 is 0 Å². The average Bonchev–Trinajstić information content (AvgIpc) is 2.61. The summed E-state index contributed by atoms with van der Waals surface area (Å²) in [7, 11) is 1.31. The number of hydrogen-bond acceptors (Lipinski definition) is 1. The smallest absolute Gasteiger partial charge is 0.190 e. The maximum atomic E-state index is 14.0. The molecule has 1 nitrogen and oxygen atoms in total. The number of methoxy groups -OCH3 is 1. The number of fused-ring (bicyclic) bond motifs is 1. The highest BCUT2D eigenvalue weighted by atomic mass is 19.1. The van der Waals surface area contributed by atoms with Crippen LogP contribution in [0.25, 0.3) is 0 Å². The summed E-state index contributed by atoms with van der Waals surface area (Å²) >= 11 is 0. The standard InChI is InChI=1S/C22H30F2O/c1-3-4-5-6-15-7-8-17-12-18(10-9-16(17)11-15)19-13-20(23)22(25-2)21(24)14-19/h5-6,13-18H,3-4,7-12H2,1-2H3/b6-5+. The SMILES string of the molecule is CCC/C=C/C1CCC2CC(c3cc(F)c(OC)c(F)c3)CCC2C1. The summed E-state index contributed by atoms with van der Waals surface area (Å²) in [5.41, 5.74) is 0.805. The predicted octanol–water partition coefficient (Wildman–Crippen LogP) is 6.63. The van der Waals surface area contributed by atoms with E-state index in [0.29, 0.717) is 5.92 Å². The maximum Gasteiger partial charge on any atom is 0.190 e. The van der Waals surface area contributed by atoms with Gasteiger partial charge in [0.2, 0.25) is 0 Å². The van der Waals surface area contributed by atoms with Gasteiger partial charge in [-0.2, -0.15) is 0 Å². The number of rotatable bonds is 5. The first-order valence-electron chi connectivity index (χ1n) is 9.82. The molecule has 1 aromatic carbocycles. The van der Waals surface area contributed by atoms with E-state index in [-0.39, 0.29) is 11.7 Å². The first-order valence-corrected chi connectivity index (χ1v) is 9.82. The molecule has 0 heterocycles. The van der Waals surface area contributed by atoms with Gasteiger partial charge in [0.15, 0.2) is 17.4 Å². The maximum absolute atomic E-state index is 14.0. The lowest BCUT2D eigenvalue weighted by atomic mass is 9.64. The van der Waals surface area contributed by atoms with Crippen LogP contribution in [0.1, 0.15) is 69.8 Å². The van der Waals surface area contributed by atoms with Gasteiger partial charge in [-0.1, -0.05) is 25.5 Å². The van der Waals surface area contributed by atoms with Gasteiger partial charge in [-0.05, 0) is 86.3 Å². The Morgan fingerprint density at radius 2 is 1.72 bits per heavy atom. The molecule has 2 saturated carbocycles. The van der Waals surface area contributed by atoms with Crippen molar-refractivity contribution in [2.45, 2.75) is 64.2 Å². The van der Waals surface area contributed by atoms with Crippen LogP contribution >= 0.6 is 0 Å². The molecule has 2 fully saturated rings. The van der Waals surface area contributed by atoms with E-state index in [1.807, 2.05) is 0 Å². The second-order valence-electron chi connectivity index (χ2n) is 7.84. The van der Waals surface area contributed by atoms with Gasteiger partial charge in [0.05, 0.1) is 7.11 Å². The van der Waals surface area contributed by atoms with Crippen molar-refractivity contribution in [1.29, 1.82) is 0 Å². The Labute approximate surface area is 150 Å². The van der Waals surface area contributed by atoms with E-state index in [1.54, 1.807) is 0 Å². The molecule has 0 bridgehead atoms. The molecule has 4 unspecified atom stereocenters. The monoisotopic (exact) mass is 348 g/mol. The Hall–Kier alpha value is -1.38. The minimum Gasteiger partial charge on any atom is -0.491 e. The molecule has 0 saturated heterocycles. The minimum atomic E-state index is -0.579. The second-order valence-corrected chi connectivity index (χ2v) is 7.84. The number of allylic oxidation sites excluding steroid dienone is 2. The van der Waals surface area contributed by atoms with Gasteiger partial charge < -0.3 is 4.74 Å². The Balaban J connectivity index is 1.63. The van der Waals surface area contributed by atoms with Crippen LogP contribution in [0.2, 0.25) is 0 Å². The molecule has 2 aliphatic rings. The van der Waals surface area contributed by atoms with Crippen molar-refractivity contribution >= 4 is 0 Å². The highest BCUT2D eigenvalue weighted by Gasteiger charge is 2.35. The summed E-state index contributed by atoms with van der Waals surface area (Å²) < 4.78 is 32.9. The third kappa shape index (κ3) is 4.24. The Kier molecular flexibility index (Phi) is 6.14. The van der Waals surface area contributed by atoms with E-state index in [4.69, 9.17) is 4.74 Å². The Morgan fingerprint density at radius 3 is 2.40 bits per heavy atom. The molecular formula is C22H30F2O. The molecular weight excluding hydrogens is 318 g/mol. The van der Waals surface area contributed by atoms with E-state index in [0.717, 1.165) is 30.2 Å². The highest BCUT2D eigenvalue weighted by molar-refractivity contribution is 5.33. The predicted molar refractivity (Wildman–Crippen MR) is 97.9 cm³/mol. The van der Waals surface area contributed by atoms with E-state index in [1.165, 1.54) is 57.8 Å². The van der Waals surface area contributed by atoms with Gasteiger partial charge >= 0.3 is 0 Å². The summed E-state index contributed by atoms with van der Waals surface area (Å²) in [6, 6.07) is 2.96. The molecule has 0 radical (unpaired) electrons. The minimum absolute atomic E-state index is 0.267. The lowest BCUT2D eigenvalue weighted by Gasteiger charge is -2.42. The van der Waals surface area contributed by atoms with E-state index in [9.17, 15) is 8.78 Å². The molecule has 138 valence electrons. The third-order valence-corrected chi connectivity index (χ3v) is 6.21. The zero-order chi connectivity index (χ0) is 17.8. The quantitative estimate of drug-likeness (QED) is 0.543. The van der Waals surface area contributed by atoms with Crippen molar-refractivity contribution in [1.82, 2.24) is 0 Å². The summed E-state index contributed by atoms with van der Waals surface area (Å²) in [6.45, 7) is 2.22. The van der Waals surface area contributed by atoms with Gasteiger partial charge in [0.25, 0.3) is 0 Å². The molecule has 25 heavy (non-hydrogen) atoms. The number of benzene rings is 1. The number of unbranched alkanes of at least 4 members (excludes halogenated alkanes) is 1. The largest absolute Gasteiger partial charge is 0.491 e. The van der Waals surface area contributed by atoms with Crippen LogP contribution in [0.5, 0.6) is 5.75 Å². The van der Waals surface area contributed by atoms with Crippen LogP contribution in [0.15, 0.2) is 24.3 Å². The summed E-state index contributed by atoms with van der Waals surface area (Å²) in [4.78, 5) is 0. The van der Waals surface area contributed by atoms with Gasteiger partial charge in [-0.25, -0.2) is 8.78 Å². The van der Waals surface area contributed by atoms with Gasteiger partial charge in [-0.15, -0.1) is 0 Å². The van der Waals surface area contributed by atoms with Gasteiger partial charge in [0, 0.05) is 0 Å². The molecule has 0 spiro atoms. The van der Waals surface area contributed by atoms with Crippen molar-refractivity contribution in [3.05, 3.63) is 41.5 Å². The van der Waals surface area contributed by atoms with Crippen molar-refractivity contribution in [3.63, 3.8) is 0 Å². The van der Waals surface area contributed by atoms with Crippen LogP contribution in [0.4, 0.5) is 8.78 Å². The van der Waals surface area contributed by atoms with Crippen LogP contribution < -0.4 is 4.74 Å². The lowest BCUT2D eigenvalue weighted by Crippen LogP contribution is -2.30. The van der Waals surface area contributed by atoms with E-state index in [2.05, 4.69) is 19.1 Å². The van der Waals surface area contributed by atoms with Crippen LogP contribution in [-0.4, -0.2) is 7.11 Å². The Morgan fingerprint density at radius 1 is 1.04 bits per heavy atom. The third-order valence-electron chi connectivity index (χ3n) is 6.21. The van der Waals surface area contributed by atoms with E-state index < -0.39 is 11.6 Å². The molecule has 0 aliphatic heterocycles. The number of hydrogen-bond donors (Lipinski definition) is 0. The number of halogens is 2. The molecule has 3 rings (SSSR count). The van der Waals surface area contributed by atoms with Gasteiger partial charge in [0.1, 0.15) is 0 Å². The lowest BCUT2D eigenvalue weighted by molar-refractivity contribution is 0.133. The summed E-state index contributed by atoms with van der Waals surface area (Å²) in [6.07, 6.45) is 14.3. The summed E-state index contributed by atoms with van der Waals surface area (Å²) in [5.74, 6) is 1.09. The first kappa shape index (κ1) is 18.4. The fraction of sp³-hybridized carbons (Fsp3) is 0.636. The topological polar surface area (TPSA) is 9.23 Å². The van der Waals surface area contributed by atoms with Crippen molar-refractivity contribution in [3.8, 4) is 5.75 Å². The molecule has 4 atom stereocenters. The van der Waals surface area contributed by atoms with Crippen LogP contribution in [0.3, 0.4) is 0 Å². The Bertz CT molecular complexity index is 587. The summed E-state index contributed by atoms with van der Waals surface area (Å²) in [5, 5.41) is 0. The molecule has 3 heteroatoms. The number of ether oxygens (including phenoxy) is 1. The van der Waals surface area contributed by atoms with Gasteiger partial charge in [-0.3, -0.25) is 0 Å². The normalized spacial score (nSPS) is 29.6. The molecule has 0 N–H and O–H groups in total. The highest BCUT2D eigenvalue weighted by Crippen LogP contribution is 2.48. The van der Waals surface area contributed by atoms with Crippen LogP contribution in [-0.2, 0) is 0 Å². The second kappa shape index (κ2) is 8.33. The van der Waals surface area contributed by atoms with Crippen molar-refractivity contribution < 1.29 is 13.5 Å². The molecule has 1 aromatic rings. The first-order chi connectivity index (χ1) is 12.1. The van der Waals surface area contributed by atoms with Crippen LogP contribution in [0, 0.1) is 29.4 Å².